The van der Waals surface area contributed by atoms with E-state index in [1.165, 1.54) is 6.07 Å². The third kappa shape index (κ3) is 3.25. The van der Waals surface area contributed by atoms with Crippen LogP contribution in [0.3, 0.4) is 0 Å². The molecule has 2 rings (SSSR count). The highest BCUT2D eigenvalue weighted by molar-refractivity contribution is 5.16. The van der Waals surface area contributed by atoms with Gasteiger partial charge < -0.3 is 14.8 Å². The molecule has 0 aromatic heterocycles. The molecule has 0 aliphatic carbocycles. The Morgan fingerprint density at radius 2 is 2.29 bits per heavy atom. The Bertz CT molecular complexity index is 359. The van der Waals surface area contributed by atoms with Gasteiger partial charge in [-0.25, -0.2) is 4.39 Å². The fraction of sp³-hybridized carbons (Fsp3) is 0.538. The molecule has 2 unspecified atom stereocenters. The zero-order chi connectivity index (χ0) is 12.1. The molecule has 1 N–H and O–H groups in total. The number of ether oxygens (including phenoxy) is 2. The zero-order valence-electron chi connectivity index (χ0n) is 9.99. The second kappa shape index (κ2) is 6.10. The van der Waals surface area contributed by atoms with Crippen LogP contribution in [0, 0.1) is 5.82 Å². The predicted octanol–water partition coefficient (Wildman–Crippen LogP) is 1.72. The van der Waals surface area contributed by atoms with Gasteiger partial charge in [-0.1, -0.05) is 18.2 Å². The summed E-state index contributed by atoms with van der Waals surface area (Å²) in [5.74, 6) is -0.217. The van der Waals surface area contributed by atoms with E-state index in [0.717, 1.165) is 13.0 Å². The lowest BCUT2D eigenvalue weighted by atomic mass is 10.1. The zero-order valence-corrected chi connectivity index (χ0v) is 9.99. The van der Waals surface area contributed by atoms with Gasteiger partial charge in [-0.3, -0.25) is 0 Å². The predicted molar refractivity (Wildman–Crippen MR) is 63.3 cm³/mol. The van der Waals surface area contributed by atoms with E-state index in [0.29, 0.717) is 18.8 Å². The highest BCUT2D eigenvalue weighted by Crippen LogP contribution is 2.15. The third-order valence-corrected chi connectivity index (χ3v) is 3.09. The standard InChI is InChI=1S/C13H18FNO2/c1-15-12-6-7-16-9-13(12)17-8-10-4-2-3-5-11(10)14/h2-5,12-13,15H,6-9H2,1H3. The second-order valence-electron chi connectivity index (χ2n) is 4.20. The minimum atomic E-state index is -0.217. The average Bonchev–Trinajstić information content (AvgIpc) is 2.38. The minimum absolute atomic E-state index is 0.00615. The van der Waals surface area contributed by atoms with Crippen molar-refractivity contribution in [3.8, 4) is 0 Å². The molecule has 94 valence electrons. The van der Waals surface area contributed by atoms with Crippen molar-refractivity contribution in [3.05, 3.63) is 35.6 Å². The average molecular weight is 239 g/mol. The van der Waals surface area contributed by atoms with Gasteiger partial charge in [0.15, 0.2) is 0 Å². The first-order valence-electron chi connectivity index (χ1n) is 5.91. The summed E-state index contributed by atoms with van der Waals surface area (Å²) in [5, 5.41) is 3.21. The quantitative estimate of drug-likeness (QED) is 0.867. The summed E-state index contributed by atoms with van der Waals surface area (Å²) < 4.78 is 24.5. The summed E-state index contributed by atoms with van der Waals surface area (Å²) in [4.78, 5) is 0. The van der Waals surface area contributed by atoms with Crippen molar-refractivity contribution in [1.82, 2.24) is 5.32 Å². The molecule has 0 bridgehead atoms. The van der Waals surface area contributed by atoms with Gasteiger partial charge in [-0.05, 0) is 19.5 Å². The van der Waals surface area contributed by atoms with E-state index in [9.17, 15) is 4.39 Å². The molecule has 4 heteroatoms. The van der Waals surface area contributed by atoms with Gasteiger partial charge in [0.2, 0.25) is 0 Å². The maximum Gasteiger partial charge on any atom is 0.128 e. The maximum absolute atomic E-state index is 13.4. The summed E-state index contributed by atoms with van der Waals surface area (Å²) in [6.45, 7) is 1.61. The van der Waals surface area contributed by atoms with E-state index in [2.05, 4.69) is 5.32 Å². The number of rotatable bonds is 4. The molecule has 1 aromatic rings. The van der Waals surface area contributed by atoms with Crippen molar-refractivity contribution in [3.63, 3.8) is 0 Å². The molecule has 1 aliphatic rings. The first-order chi connectivity index (χ1) is 8.31. The highest BCUT2D eigenvalue weighted by atomic mass is 19.1. The van der Waals surface area contributed by atoms with Crippen molar-refractivity contribution >= 4 is 0 Å². The minimum Gasteiger partial charge on any atom is -0.379 e. The molecule has 0 saturated carbocycles. The number of hydrogen-bond acceptors (Lipinski definition) is 3. The molecule has 2 atom stereocenters. The van der Waals surface area contributed by atoms with Crippen LogP contribution in [-0.4, -0.2) is 32.4 Å². The Morgan fingerprint density at radius 3 is 3.06 bits per heavy atom. The Morgan fingerprint density at radius 1 is 1.47 bits per heavy atom. The number of hydrogen-bond donors (Lipinski definition) is 1. The van der Waals surface area contributed by atoms with E-state index >= 15 is 0 Å². The number of halogens is 1. The normalized spacial score (nSPS) is 24.8. The van der Waals surface area contributed by atoms with E-state index in [1.807, 2.05) is 13.1 Å². The molecule has 1 fully saturated rings. The van der Waals surface area contributed by atoms with Gasteiger partial charge in [0.25, 0.3) is 0 Å². The summed E-state index contributed by atoms with van der Waals surface area (Å²) in [5.41, 5.74) is 0.591. The van der Waals surface area contributed by atoms with Crippen molar-refractivity contribution in [2.75, 3.05) is 20.3 Å². The van der Waals surface area contributed by atoms with Gasteiger partial charge in [0, 0.05) is 18.2 Å². The van der Waals surface area contributed by atoms with E-state index in [-0.39, 0.29) is 18.0 Å². The molecule has 1 saturated heterocycles. The lowest BCUT2D eigenvalue weighted by Crippen LogP contribution is -2.46. The van der Waals surface area contributed by atoms with Crippen LogP contribution in [0.25, 0.3) is 0 Å². The van der Waals surface area contributed by atoms with Crippen LogP contribution in [0.4, 0.5) is 4.39 Å². The Balaban J connectivity index is 1.90. The third-order valence-electron chi connectivity index (χ3n) is 3.09. The fourth-order valence-electron chi connectivity index (χ4n) is 2.02. The van der Waals surface area contributed by atoms with Gasteiger partial charge in [0.1, 0.15) is 5.82 Å². The first kappa shape index (κ1) is 12.5. The van der Waals surface area contributed by atoms with Crippen molar-refractivity contribution in [1.29, 1.82) is 0 Å². The number of nitrogens with one attached hydrogen (secondary N) is 1. The van der Waals surface area contributed by atoms with Gasteiger partial charge in [-0.15, -0.1) is 0 Å². The van der Waals surface area contributed by atoms with Crippen LogP contribution in [0.15, 0.2) is 24.3 Å². The van der Waals surface area contributed by atoms with Crippen molar-refractivity contribution in [2.24, 2.45) is 0 Å². The van der Waals surface area contributed by atoms with E-state index in [1.54, 1.807) is 12.1 Å². The Hall–Kier alpha value is -0.970. The largest absolute Gasteiger partial charge is 0.379 e. The fourth-order valence-corrected chi connectivity index (χ4v) is 2.02. The van der Waals surface area contributed by atoms with E-state index in [4.69, 9.17) is 9.47 Å². The lowest BCUT2D eigenvalue weighted by Gasteiger charge is -2.31. The topological polar surface area (TPSA) is 30.5 Å². The van der Waals surface area contributed by atoms with E-state index < -0.39 is 0 Å². The molecular formula is C13H18FNO2. The molecular weight excluding hydrogens is 221 g/mol. The van der Waals surface area contributed by atoms with Crippen molar-refractivity contribution in [2.45, 2.75) is 25.2 Å². The summed E-state index contributed by atoms with van der Waals surface area (Å²) in [6, 6.07) is 6.97. The van der Waals surface area contributed by atoms with Crippen LogP contribution in [0.5, 0.6) is 0 Å². The molecule has 1 aliphatic heterocycles. The first-order valence-corrected chi connectivity index (χ1v) is 5.91. The highest BCUT2D eigenvalue weighted by Gasteiger charge is 2.25. The lowest BCUT2D eigenvalue weighted by molar-refractivity contribution is -0.0746. The molecule has 0 spiro atoms. The number of benzene rings is 1. The summed E-state index contributed by atoms with van der Waals surface area (Å²) in [6.07, 6.45) is 0.923. The monoisotopic (exact) mass is 239 g/mol. The van der Waals surface area contributed by atoms with Crippen LogP contribution < -0.4 is 5.32 Å². The van der Waals surface area contributed by atoms with Crippen LogP contribution in [0.1, 0.15) is 12.0 Å². The smallest absolute Gasteiger partial charge is 0.128 e. The molecule has 17 heavy (non-hydrogen) atoms. The maximum atomic E-state index is 13.4. The van der Waals surface area contributed by atoms with Gasteiger partial charge >= 0.3 is 0 Å². The molecule has 3 nitrogen and oxygen atoms in total. The van der Waals surface area contributed by atoms with Crippen LogP contribution >= 0.6 is 0 Å². The molecule has 0 radical (unpaired) electrons. The van der Waals surface area contributed by atoms with Crippen LogP contribution in [0.2, 0.25) is 0 Å². The SMILES string of the molecule is CNC1CCOCC1OCc1ccccc1F. The Labute approximate surface area is 101 Å². The summed E-state index contributed by atoms with van der Waals surface area (Å²) >= 11 is 0. The Kier molecular flexibility index (Phi) is 4.48. The molecule has 0 amide bonds. The summed E-state index contributed by atoms with van der Waals surface area (Å²) in [7, 11) is 1.91. The van der Waals surface area contributed by atoms with Gasteiger partial charge in [0.05, 0.1) is 19.3 Å². The van der Waals surface area contributed by atoms with Crippen LogP contribution in [-0.2, 0) is 16.1 Å². The molecule has 1 aromatic carbocycles. The molecule has 1 heterocycles. The second-order valence-corrected chi connectivity index (χ2v) is 4.20. The van der Waals surface area contributed by atoms with Gasteiger partial charge in [-0.2, -0.15) is 0 Å². The van der Waals surface area contributed by atoms with Crippen molar-refractivity contribution < 1.29 is 13.9 Å². The number of likely N-dealkylation sites (N-methyl/N-ethyl adjacent to an activating group) is 1.